The van der Waals surface area contributed by atoms with Gasteiger partial charge in [-0.3, -0.25) is 0 Å². The van der Waals surface area contributed by atoms with Crippen LogP contribution in [0.25, 0.3) is 0 Å². The third kappa shape index (κ3) is 10.3. The van der Waals surface area contributed by atoms with Crippen LogP contribution in [0.4, 0.5) is 0 Å². The molecule has 0 rings (SSSR count). The average molecular weight is 237 g/mol. The van der Waals surface area contributed by atoms with Crippen LogP contribution >= 0.6 is 0 Å². The molecule has 0 aromatic rings. The fourth-order valence-electron chi connectivity index (χ4n) is 0.999. The molecule has 0 saturated heterocycles. The first-order valence-electron chi connectivity index (χ1n) is 5.30. The van der Waals surface area contributed by atoms with Gasteiger partial charge in [0.15, 0.2) is 0 Å². The van der Waals surface area contributed by atoms with E-state index in [0.717, 1.165) is 0 Å². The number of rotatable bonds is 12. The molecule has 6 heteroatoms. The number of hydrogen-bond donors (Lipinski definition) is 1. The highest BCUT2D eigenvalue weighted by Crippen LogP contribution is 1.95. The molecule has 0 heterocycles. The Bertz CT molecular complexity index is 136. The Morgan fingerprint density at radius 3 is 2.12 bits per heavy atom. The van der Waals surface area contributed by atoms with Gasteiger partial charge in [0.2, 0.25) is 0 Å². The van der Waals surface area contributed by atoms with Crippen LogP contribution in [-0.4, -0.2) is 66.7 Å². The minimum Gasteiger partial charge on any atom is -0.382 e. The first-order valence-corrected chi connectivity index (χ1v) is 5.30. The quantitative estimate of drug-likeness (QED) is 0.368. The molecule has 0 aliphatic rings. The van der Waals surface area contributed by atoms with Crippen LogP contribution in [-0.2, 0) is 23.7 Å². The Morgan fingerprint density at radius 2 is 1.50 bits per heavy atom. The van der Waals surface area contributed by atoms with Crippen molar-refractivity contribution in [3.05, 3.63) is 0 Å². The van der Waals surface area contributed by atoms with Gasteiger partial charge in [-0.2, -0.15) is 0 Å². The Morgan fingerprint density at radius 1 is 0.875 bits per heavy atom. The topological polar surface area (TPSA) is 72.2 Å². The molecule has 2 N–H and O–H groups in total. The molecule has 0 aromatic carbocycles. The zero-order chi connectivity index (χ0) is 12.1. The maximum Gasteiger partial charge on any atom is 0.104 e. The minimum absolute atomic E-state index is 0.115. The van der Waals surface area contributed by atoms with E-state index in [1.165, 1.54) is 0 Å². The lowest BCUT2D eigenvalue weighted by Crippen LogP contribution is -2.29. The van der Waals surface area contributed by atoms with E-state index in [0.29, 0.717) is 39.6 Å². The highest BCUT2D eigenvalue weighted by atomic mass is 16.6. The third-order valence-corrected chi connectivity index (χ3v) is 1.80. The van der Waals surface area contributed by atoms with Gasteiger partial charge in [0, 0.05) is 14.2 Å². The summed E-state index contributed by atoms with van der Waals surface area (Å²) in [6, 6.07) is 0. The van der Waals surface area contributed by atoms with Gasteiger partial charge in [0.05, 0.1) is 46.4 Å². The Balaban J connectivity index is 3.54. The zero-order valence-electron chi connectivity index (χ0n) is 10.1. The summed E-state index contributed by atoms with van der Waals surface area (Å²) in [5.74, 6) is 0. The van der Waals surface area contributed by atoms with Crippen LogP contribution in [0.3, 0.4) is 0 Å². The fraction of sp³-hybridized carbons (Fsp3) is 1.00. The van der Waals surface area contributed by atoms with E-state index in [2.05, 4.69) is 0 Å². The maximum absolute atomic E-state index is 5.49. The van der Waals surface area contributed by atoms with Crippen LogP contribution < -0.4 is 5.73 Å². The smallest absolute Gasteiger partial charge is 0.104 e. The van der Waals surface area contributed by atoms with Crippen LogP contribution in [0.5, 0.6) is 0 Å². The molecule has 0 saturated carbocycles. The van der Waals surface area contributed by atoms with Crippen molar-refractivity contribution in [2.24, 2.45) is 5.73 Å². The first kappa shape index (κ1) is 15.8. The molecule has 98 valence electrons. The van der Waals surface area contributed by atoms with Gasteiger partial charge in [0.25, 0.3) is 0 Å². The van der Waals surface area contributed by atoms with Crippen molar-refractivity contribution >= 4 is 0 Å². The van der Waals surface area contributed by atoms with Crippen molar-refractivity contribution < 1.29 is 23.7 Å². The molecule has 0 aliphatic carbocycles. The van der Waals surface area contributed by atoms with Gasteiger partial charge in [-0.05, 0) is 0 Å². The normalized spacial score (nSPS) is 12.9. The van der Waals surface area contributed by atoms with Gasteiger partial charge >= 0.3 is 0 Å². The van der Waals surface area contributed by atoms with Crippen molar-refractivity contribution in [2.45, 2.75) is 6.10 Å². The van der Waals surface area contributed by atoms with Crippen molar-refractivity contribution in [2.75, 3.05) is 60.6 Å². The van der Waals surface area contributed by atoms with E-state index >= 15 is 0 Å². The predicted octanol–water partition coefficient (Wildman–Crippen LogP) is -0.386. The largest absolute Gasteiger partial charge is 0.382 e. The molecule has 0 aromatic heterocycles. The summed E-state index contributed by atoms with van der Waals surface area (Å²) >= 11 is 0. The van der Waals surface area contributed by atoms with Crippen molar-refractivity contribution in [1.29, 1.82) is 0 Å². The van der Waals surface area contributed by atoms with E-state index in [1.807, 2.05) is 0 Å². The molecule has 0 amide bonds. The number of methoxy groups -OCH3 is 2. The summed E-state index contributed by atoms with van der Waals surface area (Å²) in [6.45, 7) is 3.26. The highest BCUT2D eigenvalue weighted by molar-refractivity contribution is 4.55. The summed E-state index contributed by atoms with van der Waals surface area (Å²) in [7, 11) is 3.26. The molecule has 0 spiro atoms. The molecule has 0 aliphatic heterocycles. The zero-order valence-corrected chi connectivity index (χ0v) is 10.1. The van der Waals surface area contributed by atoms with E-state index in [9.17, 15) is 0 Å². The molecule has 1 unspecified atom stereocenters. The van der Waals surface area contributed by atoms with Gasteiger partial charge in [-0.25, -0.2) is 0 Å². The second kappa shape index (κ2) is 12.8. The lowest BCUT2D eigenvalue weighted by molar-refractivity contribution is -0.0736. The number of hydrogen-bond acceptors (Lipinski definition) is 6. The Kier molecular flexibility index (Phi) is 12.6. The van der Waals surface area contributed by atoms with E-state index in [4.69, 9.17) is 29.4 Å². The number of ether oxygens (including phenoxy) is 5. The standard InChI is InChI=1S/C10H23NO5/c1-12-3-5-14-7-10(8-15-9-11)16-6-4-13-2/h10H,3-9,11H2,1-2H3. The van der Waals surface area contributed by atoms with Gasteiger partial charge in [0.1, 0.15) is 6.10 Å². The molecular formula is C10H23NO5. The fourth-order valence-corrected chi connectivity index (χ4v) is 0.999. The lowest BCUT2D eigenvalue weighted by Gasteiger charge is -2.17. The van der Waals surface area contributed by atoms with Crippen molar-refractivity contribution in [3.8, 4) is 0 Å². The predicted molar refractivity (Wildman–Crippen MR) is 59.3 cm³/mol. The van der Waals surface area contributed by atoms with Gasteiger partial charge in [-0.1, -0.05) is 0 Å². The molecule has 0 fully saturated rings. The Labute approximate surface area is 96.9 Å². The molecule has 0 bridgehead atoms. The summed E-state index contributed by atoms with van der Waals surface area (Å²) < 4.78 is 25.7. The summed E-state index contributed by atoms with van der Waals surface area (Å²) in [6.07, 6.45) is -0.115. The molecular weight excluding hydrogens is 214 g/mol. The molecule has 6 nitrogen and oxygen atoms in total. The monoisotopic (exact) mass is 237 g/mol. The SMILES string of the molecule is COCCOCC(COCN)OCCOC. The van der Waals surface area contributed by atoms with E-state index in [1.54, 1.807) is 14.2 Å². The summed E-state index contributed by atoms with van der Waals surface area (Å²) in [5, 5.41) is 0. The minimum atomic E-state index is -0.115. The van der Waals surface area contributed by atoms with Crippen LogP contribution in [0, 0.1) is 0 Å². The molecule has 0 radical (unpaired) electrons. The van der Waals surface area contributed by atoms with Gasteiger partial charge in [-0.15, -0.1) is 0 Å². The first-order chi connectivity index (χ1) is 7.85. The summed E-state index contributed by atoms with van der Waals surface area (Å²) in [4.78, 5) is 0. The van der Waals surface area contributed by atoms with Crippen LogP contribution in [0.1, 0.15) is 0 Å². The Hall–Kier alpha value is -0.240. The second-order valence-corrected chi connectivity index (χ2v) is 3.09. The summed E-state index contributed by atoms with van der Waals surface area (Å²) in [5.41, 5.74) is 5.24. The van der Waals surface area contributed by atoms with E-state index in [-0.39, 0.29) is 12.8 Å². The average Bonchev–Trinajstić information content (AvgIpc) is 2.31. The third-order valence-electron chi connectivity index (χ3n) is 1.80. The molecule has 16 heavy (non-hydrogen) atoms. The lowest BCUT2D eigenvalue weighted by atomic mass is 10.4. The highest BCUT2D eigenvalue weighted by Gasteiger charge is 2.09. The van der Waals surface area contributed by atoms with Crippen molar-refractivity contribution in [3.63, 3.8) is 0 Å². The molecule has 1 atom stereocenters. The van der Waals surface area contributed by atoms with E-state index < -0.39 is 0 Å². The van der Waals surface area contributed by atoms with Crippen LogP contribution in [0.2, 0.25) is 0 Å². The van der Waals surface area contributed by atoms with Gasteiger partial charge < -0.3 is 29.4 Å². The maximum atomic E-state index is 5.49. The van der Waals surface area contributed by atoms with Crippen LogP contribution in [0.15, 0.2) is 0 Å². The van der Waals surface area contributed by atoms with Crippen molar-refractivity contribution in [1.82, 2.24) is 0 Å². The second-order valence-electron chi connectivity index (χ2n) is 3.09. The number of nitrogens with two attached hydrogens (primary N) is 1.